The van der Waals surface area contributed by atoms with E-state index in [-0.39, 0.29) is 5.91 Å². The molecule has 130 valence electrons. The van der Waals surface area contributed by atoms with Crippen molar-refractivity contribution >= 4 is 17.8 Å². The topological polar surface area (TPSA) is 78.4 Å². The van der Waals surface area contributed by atoms with Gasteiger partial charge in [0.1, 0.15) is 5.69 Å². The van der Waals surface area contributed by atoms with Gasteiger partial charge >= 0.3 is 0 Å². The van der Waals surface area contributed by atoms with Crippen LogP contribution in [0.25, 0.3) is 0 Å². The first-order valence-corrected chi connectivity index (χ1v) is 8.70. The van der Waals surface area contributed by atoms with Crippen LogP contribution in [0.2, 0.25) is 0 Å². The van der Waals surface area contributed by atoms with Crippen LogP contribution in [0.1, 0.15) is 23.3 Å². The molecular formula is C17H21N7O. The lowest BCUT2D eigenvalue weighted by Crippen LogP contribution is -2.47. The molecule has 0 spiro atoms. The molecular weight excluding hydrogens is 318 g/mol. The third kappa shape index (κ3) is 3.38. The summed E-state index contributed by atoms with van der Waals surface area (Å²) in [4.78, 5) is 36.1. The number of rotatable bonds is 3. The van der Waals surface area contributed by atoms with Gasteiger partial charge in [0.15, 0.2) is 0 Å². The van der Waals surface area contributed by atoms with Gasteiger partial charge in [-0.3, -0.25) is 4.79 Å². The third-order valence-electron chi connectivity index (χ3n) is 4.65. The van der Waals surface area contributed by atoms with Gasteiger partial charge in [0, 0.05) is 57.9 Å². The third-order valence-corrected chi connectivity index (χ3v) is 4.65. The Morgan fingerprint density at radius 3 is 2.08 bits per heavy atom. The molecule has 1 amide bonds. The zero-order chi connectivity index (χ0) is 17.1. The number of nitrogens with zero attached hydrogens (tertiary/aromatic N) is 7. The van der Waals surface area contributed by atoms with Crippen molar-refractivity contribution in [1.82, 2.24) is 24.8 Å². The minimum absolute atomic E-state index is 0.0115. The molecule has 0 aromatic carbocycles. The second kappa shape index (κ2) is 7.00. The normalized spacial score (nSPS) is 17.8. The highest BCUT2D eigenvalue weighted by molar-refractivity contribution is 5.92. The SMILES string of the molecule is O=C(c1ccnc(N2CCN(c3ncccn3)CC2)n1)N1CCCC1. The molecule has 2 aromatic rings. The van der Waals surface area contributed by atoms with Crippen molar-refractivity contribution in [2.75, 3.05) is 49.1 Å². The lowest BCUT2D eigenvalue weighted by molar-refractivity contribution is 0.0787. The van der Waals surface area contributed by atoms with Gasteiger partial charge in [-0.15, -0.1) is 0 Å². The molecule has 2 aliphatic rings. The maximum atomic E-state index is 12.5. The van der Waals surface area contributed by atoms with Gasteiger partial charge in [-0.1, -0.05) is 0 Å². The summed E-state index contributed by atoms with van der Waals surface area (Å²) in [6.45, 7) is 4.82. The van der Waals surface area contributed by atoms with Crippen molar-refractivity contribution in [3.8, 4) is 0 Å². The number of likely N-dealkylation sites (tertiary alicyclic amines) is 1. The number of piperazine rings is 1. The van der Waals surface area contributed by atoms with E-state index in [0.717, 1.165) is 58.1 Å². The van der Waals surface area contributed by atoms with E-state index >= 15 is 0 Å². The Hall–Kier alpha value is -2.77. The van der Waals surface area contributed by atoms with Crippen molar-refractivity contribution in [1.29, 1.82) is 0 Å². The molecule has 0 radical (unpaired) electrons. The largest absolute Gasteiger partial charge is 0.337 e. The van der Waals surface area contributed by atoms with E-state index in [2.05, 4.69) is 29.7 Å². The number of carbonyl (C=O) groups is 1. The summed E-state index contributed by atoms with van der Waals surface area (Å²) in [5.74, 6) is 1.39. The van der Waals surface area contributed by atoms with Crippen LogP contribution in [-0.4, -0.2) is 70.0 Å². The highest BCUT2D eigenvalue weighted by Crippen LogP contribution is 2.16. The molecule has 8 nitrogen and oxygen atoms in total. The standard InChI is InChI=1S/C17H21N7O/c25-15(22-8-1-2-9-22)14-4-7-20-17(21-14)24-12-10-23(11-13-24)16-18-5-3-6-19-16/h3-7H,1-2,8-13H2. The summed E-state index contributed by atoms with van der Waals surface area (Å²) in [6, 6.07) is 3.52. The highest BCUT2D eigenvalue weighted by atomic mass is 16.2. The van der Waals surface area contributed by atoms with Crippen LogP contribution in [0.4, 0.5) is 11.9 Å². The lowest BCUT2D eigenvalue weighted by atomic mass is 10.3. The summed E-state index contributed by atoms with van der Waals surface area (Å²) >= 11 is 0. The van der Waals surface area contributed by atoms with Gasteiger partial charge in [0.05, 0.1) is 0 Å². The van der Waals surface area contributed by atoms with Crippen molar-refractivity contribution in [2.45, 2.75) is 12.8 Å². The molecule has 0 bridgehead atoms. The Morgan fingerprint density at radius 2 is 1.40 bits per heavy atom. The average molecular weight is 339 g/mol. The maximum Gasteiger partial charge on any atom is 0.272 e. The van der Waals surface area contributed by atoms with Crippen LogP contribution in [0.5, 0.6) is 0 Å². The summed E-state index contributed by atoms with van der Waals surface area (Å²) in [5, 5.41) is 0. The van der Waals surface area contributed by atoms with Gasteiger partial charge in [-0.05, 0) is 25.0 Å². The maximum absolute atomic E-state index is 12.5. The predicted molar refractivity (Wildman–Crippen MR) is 93.6 cm³/mol. The minimum atomic E-state index is 0.0115. The molecule has 2 aliphatic heterocycles. The van der Waals surface area contributed by atoms with Crippen LogP contribution in [-0.2, 0) is 0 Å². The Labute approximate surface area is 146 Å². The molecule has 2 saturated heterocycles. The molecule has 0 saturated carbocycles. The molecule has 2 fully saturated rings. The molecule has 0 aliphatic carbocycles. The van der Waals surface area contributed by atoms with Crippen LogP contribution in [0.15, 0.2) is 30.7 Å². The Morgan fingerprint density at radius 1 is 0.800 bits per heavy atom. The number of anilines is 2. The van der Waals surface area contributed by atoms with Crippen molar-refractivity contribution in [3.05, 3.63) is 36.4 Å². The number of hydrogen-bond acceptors (Lipinski definition) is 7. The minimum Gasteiger partial charge on any atom is -0.337 e. The zero-order valence-electron chi connectivity index (χ0n) is 14.1. The van der Waals surface area contributed by atoms with Gasteiger partial charge in [0.25, 0.3) is 5.91 Å². The number of hydrogen-bond donors (Lipinski definition) is 0. The van der Waals surface area contributed by atoms with Gasteiger partial charge in [0.2, 0.25) is 11.9 Å². The summed E-state index contributed by atoms with van der Waals surface area (Å²) in [5.41, 5.74) is 0.487. The van der Waals surface area contributed by atoms with Crippen molar-refractivity contribution < 1.29 is 4.79 Å². The Kier molecular flexibility index (Phi) is 4.41. The summed E-state index contributed by atoms with van der Waals surface area (Å²) in [6.07, 6.45) is 7.34. The predicted octanol–water partition coefficient (Wildman–Crippen LogP) is 0.829. The van der Waals surface area contributed by atoms with Crippen LogP contribution >= 0.6 is 0 Å². The van der Waals surface area contributed by atoms with Gasteiger partial charge < -0.3 is 14.7 Å². The molecule has 4 rings (SSSR count). The molecule has 8 heteroatoms. The molecule has 0 atom stereocenters. The van der Waals surface area contributed by atoms with Crippen molar-refractivity contribution in [3.63, 3.8) is 0 Å². The molecule has 0 N–H and O–H groups in total. The number of amides is 1. The Balaban J connectivity index is 1.43. The zero-order valence-corrected chi connectivity index (χ0v) is 14.1. The van der Waals surface area contributed by atoms with E-state index in [1.165, 1.54) is 0 Å². The fourth-order valence-electron chi connectivity index (χ4n) is 3.26. The van der Waals surface area contributed by atoms with E-state index < -0.39 is 0 Å². The Bertz CT molecular complexity index is 725. The monoisotopic (exact) mass is 339 g/mol. The van der Waals surface area contributed by atoms with Gasteiger partial charge in [-0.2, -0.15) is 0 Å². The molecule has 25 heavy (non-hydrogen) atoms. The average Bonchev–Trinajstić information content (AvgIpc) is 3.23. The fraction of sp³-hybridized carbons (Fsp3) is 0.471. The quantitative estimate of drug-likeness (QED) is 0.819. The first-order chi connectivity index (χ1) is 12.3. The van der Waals surface area contributed by atoms with Crippen molar-refractivity contribution in [2.24, 2.45) is 0 Å². The lowest BCUT2D eigenvalue weighted by Gasteiger charge is -2.34. The number of aromatic nitrogens is 4. The summed E-state index contributed by atoms with van der Waals surface area (Å²) in [7, 11) is 0. The molecule has 4 heterocycles. The number of carbonyl (C=O) groups excluding carboxylic acids is 1. The second-order valence-corrected chi connectivity index (χ2v) is 6.26. The van der Waals surface area contributed by atoms with E-state index in [0.29, 0.717) is 11.6 Å². The smallest absolute Gasteiger partial charge is 0.272 e. The second-order valence-electron chi connectivity index (χ2n) is 6.26. The van der Waals surface area contributed by atoms with E-state index in [9.17, 15) is 4.79 Å². The van der Waals surface area contributed by atoms with E-state index in [4.69, 9.17) is 0 Å². The molecule has 2 aromatic heterocycles. The van der Waals surface area contributed by atoms with Crippen LogP contribution in [0.3, 0.4) is 0 Å². The van der Waals surface area contributed by atoms with Crippen LogP contribution < -0.4 is 9.80 Å². The highest BCUT2D eigenvalue weighted by Gasteiger charge is 2.24. The summed E-state index contributed by atoms with van der Waals surface area (Å²) < 4.78 is 0. The molecule has 0 unspecified atom stereocenters. The first-order valence-electron chi connectivity index (χ1n) is 8.70. The van der Waals surface area contributed by atoms with Gasteiger partial charge in [-0.25, -0.2) is 19.9 Å². The van der Waals surface area contributed by atoms with Crippen LogP contribution in [0, 0.1) is 0 Å². The first kappa shape index (κ1) is 15.7. The van der Waals surface area contributed by atoms with E-state index in [1.54, 1.807) is 24.7 Å². The fourth-order valence-corrected chi connectivity index (χ4v) is 3.26. The van der Waals surface area contributed by atoms with E-state index in [1.807, 2.05) is 11.0 Å².